The molecule has 0 saturated carbocycles. The number of aromatic amines is 1. The van der Waals surface area contributed by atoms with E-state index in [1.54, 1.807) is 32.4 Å². The van der Waals surface area contributed by atoms with Gasteiger partial charge in [0.25, 0.3) is 5.56 Å². The van der Waals surface area contributed by atoms with Gasteiger partial charge in [-0.05, 0) is 18.2 Å². The molecule has 0 fully saturated rings. The Hall–Kier alpha value is -2.90. The fourth-order valence-corrected chi connectivity index (χ4v) is 1.47. The summed E-state index contributed by atoms with van der Waals surface area (Å²) in [5, 5.41) is 11.1. The molecule has 1 heterocycles. The fourth-order valence-electron chi connectivity index (χ4n) is 1.47. The summed E-state index contributed by atoms with van der Waals surface area (Å²) in [6, 6.07) is 5.32. The molecule has 0 aliphatic heterocycles. The lowest BCUT2D eigenvalue weighted by Crippen LogP contribution is -2.10. The summed E-state index contributed by atoms with van der Waals surface area (Å²) in [7, 11) is 3.14. The van der Waals surface area contributed by atoms with Gasteiger partial charge in [0.1, 0.15) is 17.7 Å². The Labute approximate surface area is 114 Å². The minimum Gasteiger partial charge on any atom is -0.497 e. The van der Waals surface area contributed by atoms with Crippen molar-refractivity contribution in [2.45, 2.75) is 0 Å². The Morgan fingerprint density at radius 3 is 2.90 bits per heavy atom. The molecule has 0 aliphatic rings. The van der Waals surface area contributed by atoms with Gasteiger partial charge in [0.05, 0.1) is 20.4 Å². The lowest BCUT2D eigenvalue weighted by molar-refractivity contribution is 0.402. The molecule has 1 aromatic carbocycles. The summed E-state index contributed by atoms with van der Waals surface area (Å²) in [6.45, 7) is 0. The van der Waals surface area contributed by atoms with Crippen LogP contribution in [0.3, 0.4) is 0 Å². The van der Waals surface area contributed by atoms with Gasteiger partial charge in [-0.1, -0.05) is 0 Å². The van der Waals surface area contributed by atoms with Crippen LogP contribution in [0.2, 0.25) is 0 Å². The van der Waals surface area contributed by atoms with Gasteiger partial charge in [-0.25, -0.2) is 5.43 Å². The molecule has 20 heavy (non-hydrogen) atoms. The van der Waals surface area contributed by atoms with Crippen molar-refractivity contribution in [3.05, 3.63) is 40.3 Å². The van der Waals surface area contributed by atoms with E-state index in [9.17, 15) is 4.79 Å². The quantitative estimate of drug-likeness (QED) is 0.613. The third kappa shape index (κ3) is 3.31. The zero-order valence-electron chi connectivity index (χ0n) is 11.0. The van der Waals surface area contributed by atoms with Gasteiger partial charge in [-0.15, -0.1) is 10.2 Å². The highest BCUT2D eigenvalue weighted by Gasteiger charge is 2.02. The van der Waals surface area contributed by atoms with Crippen LogP contribution in [-0.2, 0) is 0 Å². The molecule has 0 aliphatic carbocycles. The molecule has 0 amide bonds. The minimum atomic E-state index is -0.364. The van der Waals surface area contributed by atoms with Crippen molar-refractivity contribution in [2.75, 3.05) is 19.6 Å². The lowest BCUT2D eigenvalue weighted by atomic mass is 10.2. The number of rotatable bonds is 5. The molecule has 8 heteroatoms. The highest BCUT2D eigenvalue weighted by Crippen LogP contribution is 2.22. The zero-order valence-corrected chi connectivity index (χ0v) is 11.0. The first kappa shape index (κ1) is 13.5. The molecule has 2 rings (SSSR count). The maximum atomic E-state index is 11.0. The van der Waals surface area contributed by atoms with E-state index in [1.165, 1.54) is 6.21 Å². The van der Waals surface area contributed by atoms with Crippen molar-refractivity contribution in [1.29, 1.82) is 0 Å². The Morgan fingerprint density at radius 1 is 1.35 bits per heavy atom. The summed E-state index contributed by atoms with van der Waals surface area (Å²) < 4.78 is 10.3. The number of benzene rings is 1. The van der Waals surface area contributed by atoms with Crippen molar-refractivity contribution < 1.29 is 9.47 Å². The van der Waals surface area contributed by atoms with Crippen LogP contribution in [0, 0.1) is 0 Å². The van der Waals surface area contributed by atoms with E-state index < -0.39 is 0 Å². The standard InChI is InChI=1S/C12H13N5O3/c1-19-9-3-4-10(20-2)8(5-9)6-13-16-12-15-11(18)7-14-17-12/h3-7H,1-2H3,(H2,15,16,17,18)/b13-6+. The molecule has 8 nitrogen and oxygen atoms in total. The number of nitrogens with one attached hydrogen (secondary N) is 2. The van der Waals surface area contributed by atoms with Crippen molar-refractivity contribution in [2.24, 2.45) is 5.10 Å². The first-order valence-electron chi connectivity index (χ1n) is 5.66. The van der Waals surface area contributed by atoms with E-state index in [0.717, 1.165) is 6.20 Å². The largest absolute Gasteiger partial charge is 0.497 e. The number of ether oxygens (including phenoxy) is 2. The summed E-state index contributed by atoms with van der Waals surface area (Å²) >= 11 is 0. The molecule has 0 unspecified atom stereocenters. The monoisotopic (exact) mass is 275 g/mol. The number of methoxy groups -OCH3 is 2. The van der Waals surface area contributed by atoms with E-state index in [0.29, 0.717) is 17.1 Å². The van der Waals surface area contributed by atoms with Crippen LogP contribution in [0.1, 0.15) is 5.56 Å². The van der Waals surface area contributed by atoms with Crippen LogP contribution in [0.4, 0.5) is 5.95 Å². The second kappa shape index (κ2) is 6.32. The number of hydrogen-bond acceptors (Lipinski definition) is 7. The first-order chi connectivity index (χ1) is 9.72. The Balaban J connectivity index is 2.16. The zero-order chi connectivity index (χ0) is 14.4. The molecule has 0 spiro atoms. The second-order valence-corrected chi connectivity index (χ2v) is 3.66. The van der Waals surface area contributed by atoms with E-state index >= 15 is 0 Å². The summed E-state index contributed by atoms with van der Waals surface area (Å²) in [6.07, 6.45) is 2.59. The third-order valence-corrected chi connectivity index (χ3v) is 2.39. The molecule has 2 N–H and O–H groups in total. The van der Waals surface area contributed by atoms with Gasteiger partial charge in [0.15, 0.2) is 0 Å². The maximum absolute atomic E-state index is 11.0. The van der Waals surface area contributed by atoms with E-state index in [4.69, 9.17) is 9.47 Å². The Morgan fingerprint density at radius 2 is 2.20 bits per heavy atom. The van der Waals surface area contributed by atoms with E-state index in [2.05, 4.69) is 25.7 Å². The van der Waals surface area contributed by atoms with Crippen molar-refractivity contribution >= 4 is 12.2 Å². The average molecular weight is 275 g/mol. The van der Waals surface area contributed by atoms with Crippen LogP contribution >= 0.6 is 0 Å². The number of nitrogens with zero attached hydrogens (tertiary/aromatic N) is 3. The van der Waals surface area contributed by atoms with Gasteiger partial charge >= 0.3 is 0 Å². The van der Waals surface area contributed by atoms with Gasteiger partial charge in [-0.2, -0.15) is 5.10 Å². The van der Waals surface area contributed by atoms with Crippen LogP contribution in [0.5, 0.6) is 11.5 Å². The van der Waals surface area contributed by atoms with Crippen LogP contribution in [0.25, 0.3) is 0 Å². The number of anilines is 1. The number of hydrogen-bond donors (Lipinski definition) is 2. The molecule has 104 valence electrons. The molecule has 2 aromatic rings. The average Bonchev–Trinajstić information content (AvgIpc) is 2.47. The van der Waals surface area contributed by atoms with Crippen LogP contribution in [-0.4, -0.2) is 35.6 Å². The molecule has 0 atom stereocenters. The molecule has 0 radical (unpaired) electrons. The SMILES string of the molecule is COc1ccc(OC)c(/C=N/Nc2nncc(=O)[nH]2)c1. The summed E-state index contributed by atoms with van der Waals surface area (Å²) in [5.41, 5.74) is 2.92. The summed E-state index contributed by atoms with van der Waals surface area (Å²) in [4.78, 5) is 13.5. The number of H-pyrrole nitrogens is 1. The highest BCUT2D eigenvalue weighted by molar-refractivity contribution is 5.84. The van der Waals surface area contributed by atoms with E-state index in [-0.39, 0.29) is 11.5 Å². The predicted octanol–water partition coefficient (Wildman–Crippen LogP) is 0.628. The first-order valence-corrected chi connectivity index (χ1v) is 5.66. The van der Waals surface area contributed by atoms with Gasteiger partial charge in [-0.3, -0.25) is 9.78 Å². The van der Waals surface area contributed by atoms with Gasteiger partial charge < -0.3 is 9.47 Å². The molecular formula is C12H13N5O3. The fraction of sp³-hybridized carbons (Fsp3) is 0.167. The Kier molecular flexibility index (Phi) is 4.28. The van der Waals surface area contributed by atoms with Crippen molar-refractivity contribution in [3.63, 3.8) is 0 Å². The van der Waals surface area contributed by atoms with Crippen molar-refractivity contribution in [3.8, 4) is 11.5 Å². The topological polar surface area (TPSA) is 101 Å². The second-order valence-electron chi connectivity index (χ2n) is 3.66. The summed E-state index contributed by atoms with van der Waals surface area (Å²) in [5.74, 6) is 1.47. The van der Waals surface area contributed by atoms with Gasteiger partial charge in [0, 0.05) is 5.56 Å². The normalized spacial score (nSPS) is 10.5. The van der Waals surface area contributed by atoms with Crippen molar-refractivity contribution in [1.82, 2.24) is 15.2 Å². The number of aromatic nitrogens is 3. The third-order valence-electron chi connectivity index (χ3n) is 2.39. The molecule has 0 saturated heterocycles. The highest BCUT2D eigenvalue weighted by atomic mass is 16.5. The van der Waals surface area contributed by atoms with E-state index in [1.807, 2.05) is 0 Å². The molecular weight excluding hydrogens is 262 g/mol. The molecule has 1 aromatic heterocycles. The predicted molar refractivity (Wildman–Crippen MR) is 73.4 cm³/mol. The lowest BCUT2D eigenvalue weighted by Gasteiger charge is -2.06. The number of hydrazone groups is 1. The maximum Gasteiger partial charge on any atom is 0.271 e. The smallest absolute Gasteiger partial charge is 0.271 e. The van der Waals surface area contributed by atoms with Crippen LogP contribution < -0.4 is 20.5 Å². The van der Waals surface area contributed by atoms with Gasteiger partial charge in [0.2, 0.25) is 5.95 Å². The Bertz CT molecular complexity index is 668. The van der Waals surface area contributed by atoms with Crippen LogP contribution in [0.15, 0.2) is 34.3 Å². The minimum absolute atomic E-state index is 0.149. The molecule has 0 bridgehead atoms.